The maximum Gasteiger partial charge on any atom is 0.134 e. The largest absolute Gasteiger partial charge is 0.396 e. The summed E-state index contributed by atoms with van der Waals surface area (Å²) in [6.45, 7) is 2.22. The summed E-state index contributed by atoms with van der Waals surface area (Å²) >= 11 is 7.59. The second kappa shape index (κ2) is 5.34. The highest BCUT2D eigenvalue weighted by Crippen LogP contribution is 2.39. The lowest BCUT2D eigenvalue weighted by Crippen LogP contribution is -2.04. The lowest BCUT2D eigenvalue weighted by atomic mass is 10.2. The Labute approximate surface area is 105 Å². The Bertz CT molecular complexity index is 371. The van der Waals surface area contributed by atoms with E-state index in [1.807, 2.05) is 6.92 Å². The van der Waals surface area contributed by atoms with Crippen LogP contribution < -0.4 is 0 Å². The monoisotopic (exact) mass is 258 g/mol. The second-order valence-electron chi connectivity index (χ2n) is 4.26. The van der Waals surface area contributed by atoms with Gasteiger partial charge in [-0.25, -0.2) is 9.97 Å². The lowest BCUT2D eigenvalue weighted by Gasteiger charge is -2.07. The van der Waals surface area contributed by atoms with Crippen molar-refractivity contribution < 1.29 is 5.11 Å². The third-order valence-corrected chi connectivity index (χ3v) is 3.89. The predicted molar refractivity (Wildman–Crippen MR) is 66.0 cm³/mol. The summed E-state index contributed by atoms with van der Waals surface area (Å²) in [6, 6.07) is 1.79. The molecule has 1 heterocycles. The van der Waals surface area contributed by atoms with Gasteiger partial charge in [0.15, 0.2) is 0 Å². The molecule has 0 aliphatic heterocycles. The summed E-state index contributed by atoms with van der Waals surface area (Å²) in [5.74, 6) is 2.54. The molecule has 0 amide bonds. The number of rotatable bonds is 5. The van der Waals surface area contributed by atoms with Crippen LogP contribution in [0.15, 0.2) is 11.1 Å². The van der Waals surface area contributed by atoms with Crippen molar-refractivity contribution in [1.82, 2.24) is 9.97 Å². The van der Waals surface area contributed by atoms with Crippen LogP contribution in [0.25, 0.3) is 0 Å². The van der Waals surface area contributed by atoms with Gasteiger partial charge in [-0.05, 0) is 18.8 Å². The number of hydrogen-bond donors (Lipinski definition) is 1. The molecule has 1 atom stereocenters. The number of hydrogen-bond acceptors (Lipinski definition) is 4. The van der Waals surface area contributed by atoms with E-state index >= 15 is 0 Å². The molecule has 16 heavy (non-hydrogen) atoms. The normalized spacial score (nSPS) is 17.4. The Hall–Kier alpha value is -0.320. The minimum absolute atomic E-state index is 0.210. The fourth-order valence-corrected chi connectivity index (χ4v) is 2.46. The molecule has 1 aliphatic rings. The summed E-state index contributed by atoms with van der Waals surface area (Å²) < 4.78 is 0. The van der Waals surface area contributed by atoms with Gasteiger partial charge < -0.3 is 5.11 Å². The Balaban J connectivity index is 2.02. The zero-order valence-corrected chi connectivity index (χ0v) is 10.8. The number of aliphatic hydroxyl groups excluding tert-OH is 1. The zero-order valence-electron chi connectivity index (χ0n) is 9.19. The van der Waals surface area contributed by atoms with Crippen LogP contribution in [0.3, 0.4) is 0 Å². The van der Waals surface area contributed by atoms with E-state index in [0.29, 0.717) is 11.1 Å². The standard InChI is InChI=1S/C11H15ClN2OS/c1-7(5-15)6-16-10-4-9(12)13-11(14-10)8-2-3-8/h4,7-8,15H,2-3,5-6H2,1H3. The molecule has 1 aliphatic carbocycles. The van der Waals surface area contributed by atoms with E-state index in [1.165, 1.54) is 12.8 Å². The average molecular weight is 259 g/mol. The molecule has 0 aromatic carbocycles. The van der Waals surface area contributed by atoms with Gasteiger partial charge in [0.05, 0.1) is 0 Å². The topological polar surface area (TPSA) is 46.0 Å². The smallest absolute Gasteiger partial charge is 0.134 e. The molecule has 1 unspecified atom stereocenters. The van der Waals surface area contributed by atoms with Gasteiger partial charge in [-0.1, -0.05) is 18.5 Å². The van der Waals surface area contributed by atoms with Crippen molar-refractivity contribution in [3.8, 4) is 0 Å². The van der Waals surface area contributed by atoms with E-state index in [9.17, 15) is 0 Å². The fraction of sp³-hybridized carbons (Fsp3) is 0.636. The predicted octanol–water partition coefficient (Wildman–Crippen LogP) is 2.73. The van der Waals surface area contributed by atoms with Crippen molar-refractivity contribution in [2.75, 3.05) is 12.4 Å². The molecule has 1 N–H and O–H groups in total. The molecule has 88 valence electrons. The van der Waals surface area contributed by atoms with Gasteiger partial charge in [0.1, 0.15) is 16.0 Å². The molecule has 0 bridgehead atoms. The van der Waals surface area contributed by atoms with Crippen molar-refractivity contribution in [2.24, 2.45) is 5.92 Å². The summed E-state index contributed by atoms with van der Waals surface area (Å²) in [5, 5.41) is 10.4. The third kappa shape index (κ3) is 3.34. The minimum atomic E-state index is 0.210. The number of halogens is 1. The van der Waals surface area contributed by atoms with E-state index in [2.05, 4.69) is 9.97 Å². The summed E-state index contributed by atoms with van der Waals surface area (Å²) in [6.07, 6.45) is 2.36. The van der Waals surface area contributed by atoms with Gasteiger partial charge in [0.25, 0.3) is 0 Å². The highest BCUT2D eigenvalue weighted by atomic mass is 35.5. The summed E-state index contributed by atoms with van der Waals surface area (Å²) in [5.41, 5.74) is 0. The fourth-order valence-electron chi connectivity index (χ4n) is 1.29. The van der Waals surface area contributed by atoms with Gasteiger partial charge >= 0.3 is 0 Å². The van der Waals surface area contributed by atoms with Gasteiger partial charge in [0, 0.05) is 24.3 Å². The highest BCUT2D eigenvalue weighted by Gasteiger charge is 2.27. The van der Waals surface area contributed by atoms with Crippen LogP contribution in [-0.4, -0.2) is 27.4 Å². The van der Waals surface area contributed by atoms with Gasteiger partial charge in [0.2, 0.25) is 0 Å². The first-order valence-corrected chi connectivity index (χ1v) is 6.83. The van der Waals surface area contributed by atoms with E-state index in [4.69, 9.17) is 16.7 Å². The van der Waals surface area contributed by atoms with Gasteiger partial charge in [-0.3, -0.25) is 0 Å². The summed E-state index contributed by atoms with van der Waals surface area (Å²) in [4.78, 5) is 8.72. The van der Waals surface area contributed by atoms with Crippen molar-refractivity contribution in [1.29, 1.82) is 0 Å². The molecule has 0 radical (unpaired) electrons. The van der Waals surface area contributed by atoms with E-state index in [0.717, 1.165) is 16.6 Å². The van der Waals surface area contributed by atoms with Gasteiger partial charge in [-0.2, -0.15) is 0 Å². The van der Waals surface area contributed by atoms with E-state index in [1.54, 1.807) is 17.8 Å². The Kier molecular flexibility index (Phi) is 4.05. The van der Waals surface area contributed by atoms with Crippen LogP contribution >= 0.6 is 23.4 Å². The first-order valence-electron chi connectivity index (χ1n) is 5.47. The molecule has 1 fully saturated rings. The molecule has 1 aromatic rings. The first kappa shape index (κ1) is 12.1. The molecule has 1 aromatic heterocycles. The van der Waals surface area contributed by atoms with Crippen molar-refractivity contribution in [3.05, 3.63) is 17.0 Å². The van der Waals surface area contributed by atoms with Crippen molar-refractivity contribution in [2.45, 2.75) is 30.7 Å². The second-order valence-corrected chi connectivity index (χ2v) is 5.69. The minimum Gasteiger partial charge on any atom is -0.396 e. The van der Waals surface area contributed by atoms with Crippen LogP contribution in [0, 0.1) is 5.92 Å². The maximum atomic E-state index is 8.95. The van der Waals surface area contributed by atoms with E-state index < -0.39 is 0 Å². The molecule has 5 heteroatoms. The van der Waals surface area contributed by atoms with Crippen LogP contribution in [0.4, 0.5) is 0 Å². The molecule has 0 saturated heterocycles. The molecular weight excluding hydrogens is 244 g/mol. The highest BCUT2D eigenvalue weighted by molar-refractivity contribution is 7.99. The van der Waals surface area contributed by atoms with Gasteiger partial charge in [-0.15, -0.1) is 11.8 Å². The Morgan fingerprint density at radius 3 is 2.94 bits per heavy atom. The van der Waals surface area contributed by atoms with Crippen LogP contribution in [0.1, 0.15) is 31.5 Å². The molecule has 0 spiro atoms. The molecular formula is C11H15ClN2OS. The number of nitrogens with zero attached hydrogens (tertiary/aromatic N) is 2. The quantitative estimate of drug-likeness (QED) is 0.652. The van der Waals surface area contributed by atoms with E-state index in [-0.39, 0.29) is 12.5 Å². The van der Waals surface area contributed by atoms with Crippen molar-refractivity contribution >= 4 is 23.4 Å². The zero-order chi connectivity index (χ0) is 11.5. The first-order chi connectivity index (χ1) is 7.69. The van der Waals surface area contributed by atoms with Crippen LogP contribution in [-0.2, 0) is 0 Å². The SMILES string of the molecule is CC(CO)CSc1cc(Cl)nc(C2CC2)n1. The Morgan fingerprint density at radius 2 is 2.31 bits per heavy atom. The Morgan fingerprint density at radius 1 is 1.56 bits per heavy atom. The van der Waals surface area contributed by atoms with Crippen LogP contribution in [0.2, 0.25) is 5.15 Å². The third-order valence-electron chi connectivity index (χ3n) is 2.46. The maximum absolute atomic E-state index is 8.95. The van der Waals surface area contributed by atoms with Crippen LogP contribution in [0.5, 0.6) is 0 Å². The molecule has 3 nitrogen and oxygen atoms in total. The number of thioether (sulfide) groups is 1. The average Bonchev–Trinajstić information content (AvgIpc) is 3.09. The number of aromatic nitrogens is 2. The number of aliphatic hydroxyl groups is 1. The van der Waals surface area contributed by atoms with Crippen molar-refractivity contribution in [3.63, 3.8) is 0 Å². The summed E-state index contributed by atoms with van der Waals surface area (Å²) in [7, 11) is 0. The molecule has 2 rings (SSSR count). The lowest BCUT2D eigenvalue weighted by molar-refractivity contribution is 0.250. The molecule has 1 saturated carbocycles.